The number of hydrogen-bond acceptors (Lipinski definition) is 3. The van der Waals surface area contributed by atoms with Crippen molar-refractivity contribution in [3.05, 3.63) is 34.9 Å². The molecule has 2 heterocycles. The van der Waals surface area contributed by atoms with Crippen LogP contribution < -0.4 is 4.74 Å². The van der Waals surface area contributed by atoms with Crippen LogP contribution in [-0.2, 0) is 11.2 Å². The van der Waals surface area contributed by atoms with Crippen LogP contribution in [0.5, 0.6) is 5.75 Å². The van der Waals surface area contributed by atoms with E-state index in [1.54, 1.807) is 6.07 Å². The van der Waals surface area contributed by atoms with Crippen molar-refractivity contribution in [1.29, 1.82) is 0 Å². The van der Waals surface area contributed by atoms with E-state index in [2.05, 4.69) is 24.8 Å². The number of aliphatic carboxylic acids is 1. The zero-order valence-corrected chi connectivity index (χ0v) is 21.7. The van der Waals surface area contributed by atoms with Crippen LogP contribution in [-0.4, -0.2) is 40.7 Å². The fraction of sp³-hybridized carbons (Fsp3) is 0.700. The summed E-state index contributed by atoms with van der Waals surface area (Å²) in [6.07, 6.45) is 11.5. The molecule has 1 saturated carbocycles. The van der Waals surface area contributed by atoms with Crippen molar-refractivity contribution < 1.29 is 23.4 Å². The Kier molecular flexibility index (Phi) is 7.71. The van der Waals surface area contributed by atoms with Crippen molar-refractivity contribution in [3.8, 4) is 5.75 Å². The summed E-state index contributed by atoms with van der Waals surface area (Å²) in [5.41, 5.74) is 1.67. The normalized spacial score (nSPS) is 32.9. The minimum Gasteiger partial charge on any atom is -0.493 e. The molecular weight excluding hydrogens is 460 g/mol. The molecule has 2 aliphatic heterocycles. The number of carbonyl (C=O) groups is 1. The predicted molar refractivity (Wildman–Crippen MR) is 137 cm³/mol. The summed E-state index contributed by atoms with van der Waals surface area (Å²) in [5.74, 6) is 0.794. The number of hydrogen-bond donors (Lipinski definition) is 1. The van der Waals surface area contributed by atoms with Crippen LogP contribution in [0.3, 0.4) is 0 Å². The fourth-order valence-corrected chi connectivity index (χ4v) is 7.59. The van der Waals surface area contributed by atoms with Crippen LogP contribution in [0.25, 0.3) is 6.08 Å². The van der Waals surface area contributed by atoms with Crippen molar-refractivity contribution in [2.24, 2.45) is 23.7 Å². The summed E-state index contributed by atoms with van der Waals surface area (Å²) in [4.78, 5) is 14.1. The quantitative estimate of drug-likeness (QED) is 0.412. The van der Waals surface area contributed by atoms with Gasteiger partial charge in [0.05, 0.1) is 18.1 Å². The van der Waals surface area contributed by atoms with Gasteiger partial charge in [-0.3, -0.25) is 9.69 Å². The summed E-state index contributed by atoms with van der Waals surface area (Å²) in [6.45, 7) is 4.96. The molecule has 4 unspecified atom stereocenters. The van der Waals surface area contributed by atoms with Gasteiger partial charge in [-0.05, 0) is 86.8 Å². The van der Waals surface area contributed by atoms with Gasteiger partial charge in [-0.15, -0.1) is 0 Å². The van der Waals surface area contributed by atoms with E-state index in [4.69, 9.17) is 4.74 Å². The third-order valence-corrected chi connectivity index (χ3v) is 9.78. The number of ether oxygens (including phenoxy) is 1. The molecule has 6 heteroatoms. The van der Waals surface area contributed by atoms with Crippen molar-refractivity contribution >= 4 is 12.0 Å². The molecule has 5 rings (SSSR count). The molecule has 0 radical (unpaired) electrons. The van der Waals surface area contributed by atoms with Crippen LogP contribution in [0.2, 0.25) is 0 Å². The first-order valence-electron chi connectivity index (χ1n) is 14.1. The standard InChI is InChI=1S/C30H41F2NO3/c1-3-19-4-6-20(7-5-19)17-36-27-13-10-21-8-9-22(16-26(21)28(27)29(31)32)18(2)33-24-11-12-25(33)15-23(14-24)30(34)35/h8-10,13,18-20,22-25,29H,3-7,11-12,14-17H2,1-2H3,(H,34,35). The molecule has 4 nitrogen and oxygen atoms in total. The molecule has 2 saturated heterocycles. The molecule has 0 amide bonds. The third kappa shape index (κ3) is 5.07. The number of fused-ring (bicyclic) bond motifs is 3. The Morgan fingerprint density at radius 3 is 2.36 bits per heavy atom. The lowest BCUT2D eigenvalue weighted by Gasteiger charge is -2.44. The number of halogens is 2. The topological polar surface area (TPSA) is 49.8 Å². The molecule has 198 valence electrons. The van der Waals surface area contributed by atoms with Crippen molar-refractivity contribution in [1.82, 2.24) is 4.90 Å². The maximum Gasteiger partial charge on any atom is 0.306 e. The molecule has 0 aromatic heterocycles. The average Bonchev–Trinajstić information content (AvgIpc) is 3.14. The van der Waals surface area contributed by atoms with E-state index < -0.39 is 12.4 Å². The lowest BCUT2D eigenvalue weighted by molar-refractivity contribution is -0.144. The predicted octanol–water partition coefficient (Wildman–Crippen LogP) is 7.12. The minimum absolute atomic E-state index is 0.0730. The monoisotopic (exact) mass is 501 g/mol. The molecular formula is C30H41F2NO3. The van der Waals surface area contributed by atoms with Gasteiger partial charge in [-0.2, -0.15) is 0 Å². The van der Waals surface area contributed by atoms with Gasteiger partial charge in [0.1, 0.15) is 5.75 Å². The molecule has 2 aliphatic carbocycles. The van der Waals surface area contributed by atoms with E-state index in [1.807, 2.05) is 12.1 Å². The lowest BCUT2D eigenvalue weighted by Crippen LogP contribution is -2.51. The second-order valence-corrected chi connectivity index (χ2v) is 11.8. The second kappa shape index (κ2) is 10.8. The van der Waals surface area contributed by atoms with E-state index in [1.165, 1.54) is 19.3 Å². The number of rotatable bonds is 8. The van der Waals surface area contributed by atoms with Gasteiger partial charge in [0.2, 0.25) is 0 Å². The van der Waals surface area contributed by atoms with E-state index in [0.29, 0.717) is 37.5 Å². The molecule has 0 spiro atoms. The van der Waals surface area contributed by atoms with Gasteiger partial charge < -0.3 is 9.84 Å². The molecule has 3 fully saturated rings. The molecule has 2 bridgehead atoms. The molecule has 1 N–H and O–H groups in total. The van der Waals surface area contributed by atoms with Gasteiger partial charge in [-0.1, -0.05) is 44.4 Å². The number of alkyl halides is 2. The lowest BCUT2D eigenvalue weighted by atomic mass is 9.80. The van der Waals surface area contributed by atoms with E-state index in [-0.39, 0.29) is 35.5 Å². The fourth-order valence-electron chi connectivity index (χ4n) is 7.59. The second-order valence-electron chi connectivity index (χ2n) is 11.8. The van der Waals surface area contributed by atoms with Crippen molar-refractivity contribution in [2.45, 2.75) is 103 Å². The van der Waals surface area contributed by atoms with Crippen LogP contribution in [0.4, 0.5) is 8.78 Å². The summed E-state index contributed by atoms with van der Waals surface area (Å²) in [6, 6.07) is 4.42. The van der Waals surface area contributed by atoms with Gasteiger partial charge >= 0.3 is 5.97 Å². The molecule has 1 aromatic rings. The van der Waals surface area contributed by atoms with Gasteiger partial charge in [0.25, 0.3) is 6.43 Å². The van der Waals surface area contributed by atoms with Crippen LogP contribution in [0, 0.1) is 23.7 Å². The Morgan fingerprint density at radius 2 is 1.75 bits per heavy atom. The Bertz CT molecular complexity index is 957. The highest BCUT2D eigenvalue weighted by atomic mass is 19.3. The summed E-state index contributed by atoms with van der Waals surface area (Å²) < 4.78 is 35.0. The highest BCUT2D eigenvalue weighted by molar-refractivity contribution is 5.70. The first-order valence-corrected chi connectivity index (χ1v) is 14.1. The van der Waals surface area contributed by atoms with Crippen molar-refractivity contribution in [3.63, 3.8) is 0 Å². The number of carboxylic acid groups (broad SMARTS) is 1. The van der Waals surface area contributed by atoms with E-state index in [0.717, 1.165) is 42.7 Å². The van der Waals surface area contributed by atoms with Gasteiger partial charge in [0.15, 0.2) is 0 Å². The Morgan fingerprint density at radius 1 is 1.08 bits per heavy atom. The SMILES string of the molecule is CCC1CCC(COc2ccc3c(c2C(F)F)CC(C(C)N2C4CCC2CC(C(=O)O)C4)C=C3)CC1. The van der Waals surface area contributed by atoms with Gasteiger partial charge in [-0.25, -0.2) is 8.78 Å². The molecule has 36 heavy (non-hydrogen) atoms. The summed E-state index contributed by atoms with van der Waals surface area (Å²) in [7, 11) is 0. The Hall–Kier alpha value is -1.95. The van der Waals surface area contributed by atoms with E-state index >= 15 is 0 Å². The van der Waals surface area contributed by atoms with Gasteiger partial charge in [0, 0.05) is 18.1 Å². The summed E-state index contributed by atoms with van der Waals surface area (Å²) in [5, 5.41) is 9.53. The largest absolute Gasteiger partial charge is 0.493 e. The zero-order valence-electron chi connectivity index (χ0n) is 21.7. The zero-order chi connectivity index (χ0) is 25.4. The minimum atomic E-state index is -2.57. The molecule has 4 aliphatic rings. The number of carboxylic acids is 1. The van der Waals surface area contributed by atoms with Crippen LogP contribution in [0.15, 0.2) is 18.2 Å². The maximum absolute atomic E-state index is 14.4. The van der Waals surface area contributed by atoms with Crippen LogP contribution in [0.1, 0.15) is 94.8 Å². The Balaban J connectivity index is 1.30. The highest BCUT2D eigenvalue weighted by Crippen LogP contribution is 2.44. The van der Waals surface area contributed by atoms with E-state index in [9.17, 15) is 18.7 Å². The van der Waals surface area contributed by atoms with Crippen LogP contribution >= 0.6 is 0 Å². The third-order valence-electron chi connectivity index (χ3n) is 9.78. The smallest absolute Gasteiger partial charge is 0.306 e. The Labute approximate surface area is 214 Å². The van der Waals surface area contributed by atoms with Crippen molar-refractivity contribution in [2.75, 3.05) is 6.61 Å². The molecule has 4 atom stereocenters. The average molecular weight is 502 g/mol. The molecule has 1 aromatic carbocycles. The number of nitrogens with zero attached hydrogens (tertiary/aromatic N) is 1. The first kappa shape index (κ1) is 25.7. The summed E-state index contributed by atoms with van der Waals surface area (Å²) >= 11 is 0. The number of piperidine rings is 1. The highest BCUT2D eigenvalue weighted by Gasteiger charge is 2.46. The number of benzene rings is 1. The maximum atomic E-state index is 14.4. The first-order chi connectivity index (χ1) is 17.4.